The summed E-state index contributed by atoms with van der Waals surface area (Å²) in [4.78, 5) is 12.5. The smallest absolute Gasteiger partial charge is 0.216 e. The molecular formula is C14H13NOS. The van der Waals surface area contributed by atoms with Crippen molar-refractivity contribution in [3.8, 4) is 11.1 Å². The van der Waals surface area contributed by atoms with Crippen LogP contribution in [0, 0.1) is 5.41 Å². The number of hydrogen-bond acceptors (Lipinski definition) is 3. The van der Waals surface area contributed by atoms with Crippen LogP contribution in [0.2, 0.25) is 0 Å². The molecule has 0 saturated carbocycles. The van der Waals surface area contributed by atoms with Crippen molar-refractivity contribution in [3.05, 3.63) is 46.7 Å². The Hall–Kier alpha value is -1.74. The molecular weight excluding hydrogens is 230 g/mol. The van der Waals surface area contributed by atoms with E-state index in [1.54, 1.807) is 0 Å². The molecule has 0 radical (unpaired) electrons. The molecule has 0 spiro atoms. The highest BCUT2D eigenvalue weighted by Crippen LogP contribution is 2.25. The summed E-state index contributed by atoms with van der Waals surface area (Å²) in [6, 6.07) is 11.8. The van der Waals surface area contributed by atoms with Crippen molar-refractivity contribution in [1.82, 2.24) is 0 Å². The molecule has 86 valence electrons. The first-order valence-electron chi connectivity index (χ1n) is 5.48. The van der Waals surface area contributed by atoms with Gasteiger partial charge in [0.15, 0.2) is 0 Å². The number of carbonyl (C=O) groups excluding carboxylic acids is 1. The van der Waals surface area contributed by atoms with E-state index in [-0.39, 0.29) is 11.5 Å². The molecule has 0 fully saturated rings. The van der Waals surface area contributed by atoms with Gasteiger partial charge in [-0.15, -0.1) is 11.3 Å². The van der Waals surface area contributed by atoms with Crippen molar-refractivity contribution in [3.63, 3.8) is 0 Å². The summed E-state index contributed by atoms with van der Waals surface area (Å²) in [5, 5.41) is 9.52. The van der Waals surface area contributed by atoms with Crippen LogP contribution in [0.15, 0.2) is 41.8 Å². The molecule has 0 unspecified atom stereocenters. The molecule has 0 aliphatic heterocycles. The SMILES string of the molecule is CCC(=N)C(=O)c1cc(-c2ccccc2)cs1. The summed E-state index contributed by atoms with van der Waals surface area (Å²) in [5.41, 5.74) is 2.32. The Kier molecular flexibility index (Phi) is 3.49. The third-order valence-electron chi connectivity index (χ3n) is 2.56. The van der Waals surface area contributed by atoms with Gasteiger partial charge in [0.2, 0.25) is 5.78 Å². The van der Waals surface area contributed by atoms with Crippen molar-refractivity contribution in [2.75, 3.05) is 0 Å². The summed E-state index contributed by atoms with van der Waals surface area (Å²) in [6.45, 7) is 1.83. The van der Waals surface area contributed by atoms with Crippen molar-refractivity contribution in [2.24, 2.45) is 0 Å². The normalized spacial score (nSPS) is 10.2. The first-order chi connectivity index (χ1) is 8.22. The van der Waals surface area contributed by atoms with Gasteiger partial charge in [0.25, 0.3) is 0 Å². The zero-order valence-corrected chi connectivity index (χ0v) is 10.4. The lowest BCUT2D eigenvalue weighted by molar-refractivity contribution is 0.106. The lowest BCUT2D eigenvalue weighted by atomic mass is 10.1. The molecule has 2 nitrogen and oxygen atoms in total. The molecule has 1 aromatic heterocycles. The molecule has 0 saturated heterocycles. The Bertz CT molecular complexity index is 542. The van der Waals surface area contributed by atoms with Crippen LogP contribution in [0.4, 0.5) is 0 Å². The van der Waals surface area contributed by atoms with E-state index >= 15 is 0 Å². The third kappa shape index (κ3) is 2.50. The van der Waals surface area contributed by atoms with Gasteiger partial charge >= 0.3 is 0 Å². The fourth-order valence-corrected chi connectivity index (χ4v) is 2.43. The first kappa shape index (κ1) is 11.7. The zero-order valence-electron chi connectivity index (χ0n) is 9.57. The average molecular weight is 243 g/mol. The number of ketones is 1. The summed E-state index contributed by atoms with van der Waals surface area (Å²) in [7, 11) is 0. The lowest BCUT2D eigenvalue weighted by Crippen LogP contribution is -2.09. The van der Waals surface area contributed by atoms with E-state index < -0.39 is 0 Å². The minimum atomic E-state index is -0.153. The number of Topliss-reactive ketones (excluding diaryl/α,β-unsaturated/α-hetero) is 1. The number of benzene rings is 1. The average Bonchev–Trinajstić information content (AvgIpc) is 2.87. The van der Waals surface area contributed by atoms with E-state index in [2.05, 4.69) is 0 Å². The standard InChI is InChI=1S/C14H13NOS/c1-2-12(15)14(16)13-8-11(9-17-13)10-6-4-3-5-7-10/h3-9,15H,2H2,1H3. The lowest BCUT2D eigenvalue weighted by Gasteiger charge is -1.96. The number of hydrogen-bond donors (Lipinski definition) is 1. The second-order valence-corrected chi connectivity index (χ2v) is 4.64. The Balaban J connectivity index is 2.28. The summed E-state index contributed by atoms with van der Waals surface area (Å²) in [5.74, 6) is -0.153. The molecule has 0 atom stereocenters. The quantitative estimate of drug-likeness (QED) is 0.639. The number of nitrogens with one attached hydrogen (secondary N) is 1. The predicted molar refractivity (Wildman–Crippen MR) is 72.1 cm³/mol. The Morgan fingerprint density at radius 3 is 2.59 bits per heavy atom. The molecule has 1 aromatic carbocycles. The molecule has 0 aliphatic carbocycles. The molecule has 0 amide bonds. The molecule has 3 heteroatoms. The summed E-state index contributed by atoms with van der Waals surface area (Å²) >= 11 is 1.41. The Morgan fingerprint density at radius 2 is 1.94 bits per heavy atom. The Labute approximate surface area is 104 Å². The van der Waals surface area contributed by atoms with Gasteiger partial charge in [0.05, 0.1) is 10.6 Å². The molecule has 0 aliphatic rings. The van der Waals surface area contributed by atoms with Gasteiger partial charge in [0.1, 0.15) is 0 Å². The van der Waals surface area contributed by atoms with Crippen molar-refractivity contribution in [1.29, 1.82) is 5.41 Å². The van der Waals surface area contributed by atoms with Crippen molar-refractivity contribution >= 4 is 22.8 Å². The molecule has 0 bridgehead atoms. The highest BCUT2D eigenvalue weighted by atomic mass is 32.1. The first-order valence-corrected chi connectivity index (χ1v) is 6.36. The maximum Gasteiger partial charge on any atom is 0.216 e. The second kappa shape index (κ2) is 5.06. The van der Waals surface area contributed by atoms with Gasteiger partial charge in [-0.05, 0) is 29.0 Å². The maximum atomic E-state index is 11.8. The molecule has 1 N–H and O–H groups in total. The van der Waals surface area contributed by atoms with E-state index in [1.165, 1.54) is 11.3 Å². The monoisotopic (exact) mass is 243 g/mol. The van der Waals surface area contributed by atoms with Crippen LogP contribution in [-0.4, -0.2) is 11.5 Å². The molecule has 1 heterocycles. The highest BCUT2D eigenvalue weighted by molar-refractivity contribution is 7.13. The van der Waals surface area contributed by atoms with E-state index in [1.807, 2.05) is 48.7 Å². The third-order valence-corrected chi connectivity index (χ3v) is 3.49. The van der Waals surface area contributed by atoms with Crippen molar-refractivity contribution in [2.45, 2.75) is 13.3 Å². The molecule has 17 heavy (non-hydrogen) atoms. The van der Waals surface area contributed by atoms with Crippen LogP contribution in [0.25, 0.3) is 11.1 Å². The van der Waals surface area contributed by atoms with E-state index in [4.69, 9.17) is 5.41 Å². The number of thiophene rings is 1. The largest absolute Gasteiger partial charge is 0.301 e. The van der Waals surface area contributed by atoms with Crippen LogP contribution >= 0.6 is 11.3 Å². The van der Waals surface area contributed by atoms with Crippen LogP contribution < -0.4 is 0 Å². The van der Waals surface area contributed by atoms with Crippen LogP contribution in [-0.2, 0) is 0 Å². The van der Waals surface area contributed by atoms with Crippen LogP contribution in [0.1, 0.15) is 23.0 Å². The van der Waals surface area contributed by atoms with Crippen LogP contribution in [0.5, 0.6) is 0 Å². The fraction of sp³-hybridized carbons (Fsp3) is 0.143. The fourth-order valence-electron chi connectivity index (χ4n) is 1.55. The van der Waals surface area contributed by atoms with Gasteiger partial charge in [-0.25, -0.2) is 0 Å². The van der Waals surface area contributed by atoms with E-state index in [0.717, 1.165) is 11.1 Å². The number of rotatable bonds is 4. The van der Waals surface area contributed by atoms with Gasteiger partial charge in [0, 0.05) is 0 Å². The maximum absolute atomic E-state index is 11.8. The van der Waals surface area contributed by atoms with Crippen LogP contribution in [0.3, 0.4) is 0 Å². The van der Waals surface area contributed by atoms with E-state index in [0.29, 0.717) is 11.3 Å². The second-order valence-electron chi connectivity index (χ2n) is 3.73. The molecule has 2 rings (SSSR count). The Morgan fingerprint density at radius 1 is 1.24 bits per heavy atom. The van der Waals surface area contributed by atoms with Gasteiger partial charge in [-0.2, -0.15) is 0 Å². The predicted octanol–water partition coefficient (Wildman–Crippen LogP) is 4.03. The minimum absolute atomic E-state index is 0.153. The highest BCUT2D eigenvalue weighted by Gasteiger charge is 2.13. The van der Waals surface area contributed by atoms with Gasteiger partial charge < -0.3 is 5.41 Å². The topological polar surface area (TPSA) is 40.9 Å². The summed E-state index contributed by atoms with van der Waals surface area (Å²) < 4.78 is 0. The summed E-state index contributed by atoms with van der Waals surface area (Å²) in [6.07, 6.45) is 0.484. The number of carbonyl (C=O) groups is 1. The zero-order chi connectivity index (χ0) is 12.3. The van der Waals surface area contributed by atoms with E-state index in [9.17, 15) is 4.79 Å². The molecule has 2 aromatic rings. The van der Waals surface area contributed by atoms with Crippen molar-refractivity contribution < 1.29 is 4.79 Å². The van der Waals surface area contributed by atoms with Gasteiger partial charge in [-0.3, -0.25) is 4.79 Å². The minimum Gasteiger partial charge on any atom is -0.301 e. The van der Waals surface area contributed by atoms with Gasteiger partial charge in [-0.1, -0.05) is 37.3 Å².